The van der Waals surface area contributed by atoms with E-state index in [4.69, 9.17) is 10.2 Å². The fourth-order valence-electron chi connectivity index (χ4n) is 1.91. The van der Waals surface area contributed by atoms with Crippen LogP contribution in [0.2, 0.25) is 0 Å². The van der Waals surface area contributed by atoms with Crippen LogP contribution in [0, 0.1) is 0 Å². The first kappa shape index (κ1) is 20.2. The zero-order valence-electron chi connectivity index (χ0n) is 13.2. The highest BCUT2D eigenvalue weighted by Crippen LogP contribution is 2.02. The first-order valence-electron chi connectivity index (χ1n) is 7.14. The predicted octanol–water partition coefficient (Wildman–Crippen LogP) is 1.42. The number of hydrogen-bond acceptors (Lipinski definition) is 4. The SMILES string of the molecule is CC(C)N(CCO)C(C)C.CCN(CC)CCO. The van der Waals surface area contributed by atoms with Crippen LogP contribution in [0.5, 0.6) is 0 Å². The zero-order chi connectivity index (χ0) is 14.6. The number of likely N-dealkylation sites (N-methyl/N-ethyl adjacent to an activating group) is 1. The topological polar surface area (TPSA) is 46.9 Å². The molecule has 0 fully saturated rings. The molecule has 2 N–H and O–H groups in total. The Hall–Kier alpha value is -0.160. The number of aliphatic hydroxyl groups excluding tert-OH is 2. The lowest BCUT2D eigenvalue weighted by Crippen LogP contribution is -2.38. The molecule has 0 aromatic carbocycles. The van der Waals surface area contributed by atoms with Gasteiger partial charge in [-0.2, -0.15) is 0 Å². The van der Waals surface area contributed by atoms with Crippen LogP contribution in [0.3, 0.4) is 0 Å². The van der Waals surface area contributed by atoms with E-state index in [1.165, 1.54) is 0 Å². The van der Waals surface area contributed by atoms with Gasteiger partial charge in [0.25, 0.3) is 0 Å². The minimum atomic E-state index is 0.260. The summed E-state index contributed by atoms with van der Waals surface area (Å²) < 4.78 is 0. The average Bonchev–Trinajstić information content (AvgIpc) is 2.33. The Kier molecular flexibility index (Phi) is 14.9. The standard InChI is InChI=1S/C8H19NO.C6H15NO/c1-7(2)9(5-6-10)8(3)4;1-3-7(4-2)5-6-8/h7-8,10H,5-6H2,1-4H3;8H,3-6H2,1-2H3. The van der Waals surface area contributed by atoms with Crippen molar-refractivity contribution in [2.24, 2.45) is 0 Å². The third kappa shape index (κ3) is 11.0. The molecular weight excluding hydrogens is 228 g/mol. The van der Waals surface area contributed by atoms with Gasteiger partial charge < -0.3 is 15.1 Å². The fraction of sp³-hybridized carbons (Fsp3) is 1.00. The molecule has 0 radical (unpaired) electrons. The first-order chi connectivity index (χ1) is 8.44. The molecule has 0 atom stereocenters. The monoisotopic (exact) mass is 262 g/mol. The van der Waals surface area contributed by atoms with E-state index in [9.17, 15) is 0 Å². The molecule has 0 saturated heterocycles. The van der Waals surface area contributed by atoms with Gasteiger partial charge in [0.05, 0.1) is 13.2 Å². The lowest BCUT2D eigenvalue weighted by Gasteiger charge is -2.29. The molecule has 4 nitrogen and oxygen atoms in total. The van der Waals surface area contributed by atoms with Gasteiger partial charge in [-0.25, -0.2) is 0 Å². The molecule has 0 aromatic heterocycles. The summed E-state index contributed by atoms with van der Waals surface area (Å²) in [6, 6.07) is 1.07. The quantitative estimate of drug-likeness (QED) is 0.694. The van der Waals surface area contributed by atoms with Crippen molar-refractivity contribution in [1.29, 1.82) is 0 Å². The van der Waals surface area contributed by atoms with E-state index in [2.05, 4.69) is 51.3 Å². The van der Waals surface area contributed by atoms with E-state index >= 15 is 0 Å². The van der Waals surface area contributed by atoms with Gasteiger partial charge >= 0.3 is 0 Å². The van der Waals surface area contributed by atoms with Gasteiger partial charge in [-0.15, -0.1) is 0 Å². The molecule has 0 spiro atoms. The normalized spacial score (nSPS) is 11.3. The molecule has 112 valence electrons. The summed E-state index contributed by atoms with van der Waals surface area (Å²) in [5.74, 6) is 0. The predicted molar refractivity (Wildman–Crippen MR) is 78.9 cm³/mol. The number of aliphatic hydroxyl groups is 2. The zero-order valence-corrected chi connectivity index (χ0v) is 13.2. The molecule has 0 rings (SSSR count). The maximum atomic E-state index is 8.69. The number of rotatable bonds is 8. The summed E-state index contributed by atoms with van der Waals surface area (Å²) in [6.45, 7) is 17.0. The molecule has 0 heterocycles. The average molecular weight is 262 g/mol. The Balaban J connectivity index is 0. The van der Waals surface area contributed by atoms with E-state index in [1.807, 2.05) is 0 Å². The summed E-state index contributed by atoms with van der Waals surface area (Å²) in [7, 11) is 0. The summed E-state index contributed by atoms with van der Waals surface area (Å²) in [5.41, 5.74) is 0. The van der Waals surface area contributed by atoms with Crippen molar-refractivity contribution in [3.05, 3.63) is 0 Å². The molecule has 0 aliphatic carbocycles. The molecule has 0 aliphatic heterocycles. The first-order valence-corrected chi connectivity index (χ1v) is 7.14. The summed E-state index contributed by atoms with van der Waals surface area (Å²) in [6.07, 6.45) is 0. The molecule has 18 heavy (non-hydrogen) atoms. The van der Waals surface area contributed by atoms with Crippen molar-refractivity contribution in [2.45, 2.75) is 53.6 Å². The Bertz CT molecular complexity index is 152. The lowest BCUT2D eigenvalue weighted by molar-refractivity contribution is 0.134. The van der Waals surface area contributed by atoms with Gasteiger partial charge in [0, 0.05) is 25.2 Å². The molecule has 0 saturated carbocycles. The summed E-state index contributed by atoms with van der Waals surface area (Å²) in [5, 5.41) is 17.2. The van der Waals surface area contributed by atoms with E-state index in [-0.39, 0.29) is 13.2 Å². The van der Waals surface area contributed by atoms with Crippen molar-refractivity contribution in [3.63, 3.8) is 0 Å². The van der Waals surface area contributed by atoms with Crippen molar-refractivity contribution >= 4 is 0 Å². The van der Waals surface area contributed by atoms with E-state index in [1.54, 1.807) is 0 Å². The third-order valence-corrected chi connectivity index (χ3v) is 3.00. The Morgan fingerprint density at radius 1 is 0.778 bits per heavy atom. The molecule has 0 aromatic rings. The van der Waals surface area contributed by atoms with Crippen LogP contribution < -0.4 is 0 Å². The van der Waals surface area contributed by atoms with Crippen LogP contribution in [-0.4, -0.2) is 71.5 Å². The summed E-state index contributed by atoms with van der Waals surface area (Å²) >= 11 is 0. The molecule has 0 aliphatic rings. The van der Waals surface area contributed by atoms with Gasteiger partial charge in [-0.1, -0.05) is 13.8 Å². The van der Waals surface area contributed by atoms with Crippen molar-refractivity contribution in [2.75, 3.05) is 39.4 Å². The molecule has 0 amide bonds. The Morgan fingerprint density at radius 3 is 1.28 bits per heavy atom. The minimum Gasteiger partial charge on any atom is -0.395 e. The maximum absolute atomic E-state index is 8.69. The number of hydrogen-bond donors (Lipinski definition) is 2. The van der Waals surface area contributed by atoms with Crippen LogP contribution in [-0.2, 0) is 0 Å². The Morgan fingerprint density at radius 2 is 1.17 bits per heavy atom. The van der Waals surface area contributed by atoms with Crippen molar-refractivity contribution in [1.82, 2.24) is 9.80 Å². The third-order valence-electron chi connectivity index (χ3n) is 3.00. The van der Waals surface area contributed by atoms with E-state index in [0.717, 1.165) is 26.2 Å². The highest BCUT2D eigenvalue weighted by molar-refractivity contribution is 4.65. The van der Waals surface area contributed by atoms with Gasteiger partial charge in [-0.3, -0.25) is 4.90 Å². The maximum Gasteiger partial charge on any atom is 0.0558 e. The van der Waals surface area contributed by atoms with Crippen LogP contribution in [0.25, 0.3) is 0 Å². The second kappa shape index (κ2) is 13.3. The second-order valence-corrected chi connectivity index (χ2v) is 4.90. The van der Waals surface area contributed by atoms with Gasteiger partial charge in [0.1, 0.15) is 0 Å². The molecule has 4 heteroatoms. The van der Waals surface area contributed by atoms with E-state index in [0.29, 0.717) is 12.1 Å². The van der Waals surface area contributed by atoms with Crippen LogP contribution in [0.15, 0.2) is 0 Å². The van der Waals surface area contributed by atoms with Gasteiger partial charge in [-0.05, 0) is 40.8 Å². The summed E-state index contributed by atoms with van der Waals surface area (Å²) in [4.78, 5) is 4.44. The highest BCUT2D eigenvalue weighted by Gasteiger charge is 2.11. The number of nitrogens with zero attached hydrogens (tertiary/aromatic N) is 2. The van der Waals surface area contributed by atoms with Crippen molar-refractivity contribution in [3.8, 4) is 0 Å². The van der Waals surface area contributed by atoms with Gasteiger partial charge in [0.15, 0.2) is 0 Å². The van der Waals surface area contributed by atoms with E-state index < -0.39 is 0 Å². The van der Waals surface area contributed by atoms with Crippen LogP contribution >= 0.6 is 0 Å². The highest BCUT2D eigenvalue weighted by atomic mass is 16.3. The minimum absolute atomic E-state index is 0.260. The molecule has 0 unspecified atom stereocenters. The molecule has 0 bridgehead atoms. The fourth-order valence-corrected chi connectivity index (χ4v) is 1.91. The second-order valence-electron chi connectivity index (χ2n) is 4.90. The van der Waals surface area contributed by atoms with Crippen LogP contribution in [0.4, 0.5) is 0 Å². The molecular formula is C14H34N2O2. The smallest absolute Gasteiger partial charge is 0.0558 e. The van der Waals surface area contributed by atoms with Crippen LogP contribution in [0.1, 0.15) is 41.5 Å². The Labute approximate surface area is 114 Å². The van der Waals surface area contributed by atoms with Crippen molar-refractivity contribution < 1.29 is 10.2 Å². The largest absolute Gasteiger partial charge is 0.395 e. The lowest BCUT2D eigenvalue weighted by atomic mass is 10.2. The van der Waals surface area contributed by atoms with Gasteiger partial charge in [0.2, 0.25) is 0 Å².